The topological polar surface area (TPSA) is 30.8 Å². The van der Waals surface area contributed by atoms with Crippen LogP contribution in [0.25, 0.3) is 0 Å². The van der Waals surface area contributed by atoms with Gasteiger partial charge in [-0.15, -0.1) is 0 Å². The van der Waals surface area contributed by atoms with E-state index in [1.807, 2.05) is 6.21 Å². The molecule has 0 bridgehead atoms. The summed E-state index contributed by atoms with van der Waals surface area (Å²) < 4.78 is 6.90. The molecule has 0 saturated heterocycles. The number of hydrogen-bond acceptors (Lipinski definition) is 3. The van der Waals surface area contributed by atoms with Crippen molar-refractivity contribution in [1.82, 2.24) is 0 Å². The predicted molar refractivity (Wildman–Crippen MR) is 115 cm³/mol. The minimum atomic E-state index is -2.39. The molecule has 144 valence electrons. The quantitative estimate of drug-likeness (QED) is 0.498. The van der Waals surface area contributed by atoms with Crippen LogP contribution in [0.3, 0.4) is 0 Å². The number of nitrogens with zero attached hydrogens (tertiary/aromatic N) is 1. The second-order valence-corrected chi connectivity index (χ2v) is 12.6. The molecule has 1 heterocycles. The van der Waals surface area contributed by atoms with E-state index in [0.717, 1.165) is 32.3 Å². The Morgan fingerprint density at radius 3 is 2.04 bits per heavy atom. The van der Waals surface area contributed by atoms with E-state index in [1.54, 1.807) is 0 Å². The van der Waals surface area contributed by atoms with Crippen LogP contribution in [0.2, 0.25) is 5.04 Å². The minimum absolute atomic E-state index is 0.0398. The first-order chi connectivity index (χ1) is 13.0. The van der Waals surface area contributed by atoms with Crippen molar-refractivity contribution in [3.05, 3.63) is 60.7 Å². The number of oxime groups is 1. The Bertz CT molecular complexity index is 678. The van der Waals surface area contributed by atoms with Crippen LogP contribution >= 0.6 is 0 Å². The second-order valence-electron chi connectivity index (χ2n) is 8.26. The monoisotopic (exact) mass is 381 g/mol. The third-order valence-corrected chi connectivity index (χ3v) is 10.4. The van der Waals surface area contributed by atoms with Crippen LogP contribution in [0.4, 0.5) is 0 Å². The van der Waals surface area contributed by atoms with Gasteiger partial charge in [-0.1, -0.05) is 86.6 Å². The molecule has 0 unspecified atom stereocenters. The van der Waals surface area contributed by atoms with Crippen molar-refractivity contribution in [2.75, 3.05) is 6.61 Å². The lowest BCUT2D eigenvalue weighted by molar-refractivity contribution is 0.0762. The summed E-state index contributed by atoms with van der Waals surface area (Å²) in [4.78, 5) is 5.33. The van der Waals surface area contributed by atoms with Gasteiger partial charge in [-0.25, -0.2) is 0 Å². The SMILES string of the molecule is CC(C)(C)[Si](OCCCC[C@@H]1CC=NO1)(c1ccccc1)c1ccccc1. The van der Waals surface area contributed by atoms with Crippen LogP contribution in [-0.2, 0) is 9.26 Å². The molecule has 1 aliphatic rings. The Hall–Kier alpha value is -1.91. The van der Waals surface area contributed by atoms with Gasteiger partial charge in [0, 0.05) is 19.2 Å². The van der Waals surface area contributed by atoms with E-state index >= 15 is 0 Å². The zero-order valence-electron chi connectivity index (χ0n) is 16.7. The van der Waals surface area contributed by atoms with Crippen molar-refractivity contribution >= 4 is 24.9 Å². The van der Waals surface area contributed by atoms with Gasteiger partial charge in [0.25, 0.3) is 8.32 Å². The van der Waals surface area contributed by atoms with Crippen LogP contribution in [0, 0.1) is 0 Å². The van der Waals surface area contributed by atoms with E-state index in [0.29, 0.717) is 0 Å². The van der Waals surface area contributed by atoms with Crippen LogP contribution < -0.4 is 10.4 Å². The van der Waals surface area contributed by atoms with Gasteiger partial charge in [0.2, 0.25) is 0 Å². The van der Waals surface area contributed by atoms with Crippen molar-refractivity contribution in [1.29, 1.82) is 0 Å². The Balaban J connectivity index is 1.79. The van der Waals surface area contributed by atoms with Crippen LogP contribution in [-0.4, -0.2) is 27.2 Å². The summed E-state index contributed by atoms with van der Waals surface area (Å²) in [6.45, 7) is 7.75. The maximum atomic E-state index is 6.90. The van der Waals surface area contributed by atoms with Crippen molar-refractivity contribution in [2.45, 2.75) is 57.6 Å². The highest BCUT2D eigenvalue weighted by Crippen LogP contribution is 2.36. The van der Waals surface area contributed by atoms with Crippen molar-refractivity contribution in [2.24, 2.45) is 5.16 Å². The fraction of sp³-hybridized carbons (Fsp3) is 0.435. The lowest BCUT2D eigenvalue weighted by atomic mass is 10.1. The summed E-state index contributed by atoms with van der Waals surface area (Å²) in [5, 5.41) is 6.59. The standard InChI is InChI=1S/C23H31NO2Si/c1-23(2,3)27(21-13-6-4-7-14-21,22-15-8-5-9-16-22)25-19-11-10-12-20-17-18-24-26-20/h4-9,13-16,18,20H,10-12,17,19H2,1-3H3/t20-/m1/s1. The molecular formula is C23H31NO2Si. The lowest BCUT2D eigenvalue weighted by Crippen LogP contribution is -2.66. The number of unbranched alkanes of at least 4 members (excludes halogenated alkanes) is 1. The molecule has 2 aromatic carbocycles. The first kappa shape index (κ1) is 19.8. The number of rotatable bonds is 8. The van der Waals surface area contributed by atoms with Gasteiger partial charge >= 0.3 is 0 Å². The molecule has 1 atom stereocenters. The zero-order valence-corrected chi connectivity index (χ0v) is 17.7. The van der Waals surface area contributed by atoms with E-state index < -0.39 is 8.32 Å². The van der Waals surface area contributed by atoms with Crippen molar-refractivity contribution in [3.8, 4) is 0 Å². The minimum Gasteiger partial charge on any atom is -0.407 e. The second kappa shape index (κ2) is 8.85. The van der Waals surface area contributed by atoms with E-state index in [4.69, 9.17) is 9.26 Å². The van der Waals surface area contributed by atoms with Gasteiger partial charge < -0.3 is 9.26 Å². The summed E-state index contributed by atoms with van der Waals surface area (Å²) in [5.41, 5.74) is 0. The molecule has 27 heavy (non-hydrogen) atoms. The third kappa shape index (κ3) is 4.50. The summed E-state index contributed by atoms with van der Waals surface area (Å²) >= 11 is 0. The van der Waals surface area contributed by atoms with Gasteiger partial charge in [0.15, 0.2) is 0 Å². The molecule has 0 radical (unpaired) electrons. The van der Waals surface area contributed by atoms with Gasteiger partial charge in [-0.2, -0.15) is 0 Å². The highest BCUT2D eigenvalue weighted by atomic mass is 28.4. The molecule has 0 spiro atoms. The number of hydrogen-bond donors (Lipinski definition) is 0. The molecule has 0 saturated carbocycles. The molecular weight excluding hydrogens is 350 g/mol. The van der Waals surface area contributed by atoms with Crippen LogP contribution in [0.15, 0.2) is 65.8 Å². The average Bonchev–Trinajstić information content (AvgIpc) is 3.19. The molecule has 3 rings (SSSR count). The Kier molecular flexibility index (Phi) is 6.50. The maximum Gasteiger partial charge on any atom is 0.261 e. The molecule has 0 N–H and O–H groups in total. The highest BCUT2D eigenvalue weighted by Gasteiger charge is 2.49. The molecule has 0 aliphatic carbocycles. The highest BCUT2D eigenvalue weighted by molar-refractivity contribution is 6.99. The number of benzene rings is 2. The molecule has 0 aromatic heterocycles. The summed E-state index contributed by atoms with van der Waals surface area (Å²) in [5.74, 6) is 0. The summed E-state index contributed by atoms with van der Waals surface area (Å²) in [7, 11) is -2.39. The van der Waals surface area contributed by atoms with Crippen molar-refractivity contribution < 1.29 is 9.26 Å². The lowest BCUT2D eigenvalue weighted by Gasteiger charge is -2.43. The fourth-order valence-corrected chi connectivity index (χ4v) is 8.57. The van der Waals surface area contributed by atoms with Crippen molar-refractivity contribution in [3.63, 3.8) is 0 Å². The smallest absolute Gasteiger partial charge is 0.261 e. The molecule has 4 heteroatoms. The normalized spacial score (nSPS) is 17.1. The fourth-order valence-electron chi connectivity index (χ4n) is 3.96. The van der Waals surface area contributed by atoms with Gasteiger partial charge in [-0.3, -0.25) is 0 Å². The summed E-state index contributed by atoms with van der Waals surface area (Å²) in [6.07, 6.45) is 6.26. The average molecular weight is 382 g/mol. The zero-order chi connectivity index (χ0) is 19.2. The first-order valence-corrected chi connectivity index (χ1v) is 11.9. The molecule has 0 fully saturated rings. The van der Waals surface area contributed by atoms with E-state index in [9.17, 15) is 0 Å². The molecule has 1 aliphatic heterocycles. The molecule has 3 nitrogen and oxygen atoms in total. The van der Waals surface area contributed by atoms with Crippen LogP contribution in [0.5, 0.6) is 0 Å². The summed E-state index contributed by atoms with van der Waals surface area (Å²) in [6, 6.07) is 21.7. The van der Waals surface area contributed by atoms with E-state index in [2.05, 4.69) is 86.6 Å². The van der Waals surface area contributed by atoms with Gasteiger partial charge in [0.1, 0.15) is 6.10 Å². The Labute approximate surface area is 164 Å². The Morgan fingerprint density at radius 2 is 1.56 bits per heavy atom. The molecule has 0 amide bonds. The van der Waals surface area contributed by atoms with Gasteiger partial charge in [-0.05, 0) is 34.7 Å². The largest absolute Gasteiger partial charge is 0.407 e. The van der Waals surface area contributed by atoms with Crippen LogP contribution in [0.1, 0.15) is 46.5 Å². The Morgan fingerprint density at radius 1 is 0.963 bits per heavy atom. The maximum absolute atomic E-state index is 6.90. The van der Waals surface area contributed by atoms with Gasteiger partial charge in [0.05, 0.1) is 0 Å². The van der Waals surface area contributed by atoms with E-state index in [1.165, 1.54) is 10.4 Å². The third-order valence-electron chi connectivity index (χ3n) is 5.31. The molecule has 2 aromatic rings. The first-order valence-electron chi connectivity index (χ1n) is 9.97. The predicted octanol–water partition coefficient (Wildman–Crippen LogP) is 4.51. The van der Waals surface area contributed by atoms with E-state index in [-0.39, 0.29) is 11.1 Å².